The van der Waals surface area contributed by atoms with Gasteiger partial charge in [0.1, 0.15) is 5.75 Å². The third kappa shape index (κ3) is 4.11. The molecule has 0 amide bonds. The number of benzene rings is 2. The van der Waals surface area contributed by atoms with Gasteiger partial charge in [0.15, 0.2) is 0 Å². The van der Waals surface area contributed by atoms with Gasteiger partial charge < -0.3 is 4.74 Å². The Morgan fingerprint density at radius 1 is 1.19 bits per heavy atom. The molecule has 2 aromatic carbocycles. The number of nitrogens with one attached hydrogen (secondary N) is 1. The van der Waals surface area contributed by atoms with Crippen molar-refractivity contribution in [2.75, 3.05) is 6.61 Å². The molecule has 3 nitrogen and oxygen atoms in total. The first kappa shape index (κ1) is 16.1. The average molecular weight is 325 g/mol. The Morgan fingerprint density at radius 3 is 2.71 bits per heavy atom. The van der Waals surface area contributed by atoms with Crippen LogP contribution in [-0.4, -0.2) is 6.61 Å². The zero-order chi connectivity index (χ0) is 15.2. The summed E-state index contributed by atoms with van der Waals surface area (Å²) < 4.78 is 5.65. The first-order valence-electron chi connectivity index (χ1n) is 6.79. The molecule has 2 aromatic rings. The van der Waals surface area contributed by atoms with E-state index < -0.39 is 0 Å². The second kappa shape index (κ2) is 7.66. The van der Waals surface area contributed by atoms with E-state index in [0.717, 1.165) is 23.3 Å². The van der Waals surface area contributed by atoms with Crippen LogP contribution in [0.25, 0.3) is 0 Å². The van der Waals surface area contributed by atoms with E-state index >= 15 is 0 Å². The number of hydrogen-bond donors (Lipinski definition) is 2. The van der Waals surface area contributed by atoms with Gasteiger partial charge in [-0.3, -0.25) is 5.84 Å². The minimum atomic E-state index is -0.249. The van der Waals surface area contributed by atoms with Crippen molar-refractivity contribution in [3.8, 4) is 5.75 Å². The maximum Gasteiger partial charge on any atom is 0.119 e. The Labute approximate surface area is 135 Å². The van der Waals surface area contributed by atoms with Gasteiger partial charge in [-0.25, -0.2) is 5.43 Å². The first-order chi connectivity index (χ1) is 10.2. The molecule has 0 heterocycles. The van der Waals surface area contributed by atoms with Crippen LogP contribution in [0.4, 0.5) is 0 Å². The number of halogens is 2. The highest BCUT2D eigenvalue weighted by atomic mass is 35.5. The van der Waals surface area contributed by atoms with Gasteiger partial charge in [0.2, 0.25) is 0 Å². The van der Waals surface area contributed by atoms with Crippen LogP contribution in [0.3, 0.4) is 0 Å². The van der Waals surface area contributed by atoms with Gasteiger partial charge in [-0.15, -0.1) is 0 Å². The molecule has 0 aromatic heterocycles. The van der Waals surface area contributed by atoms with Gasteiger partial charge in [-0.1, -0.05) is 42.3 Å². The van der Waals surface area contributed by atoms with E-state index in [9.17, 15) is 0 Å². The van der Waals surface area contributed by atoms with Crippen molar-refractivity contribution in [1.29, 1.82) is 0 Å². The van der Waals surface area contributed by atoms with Crippen molar-refractivity contribution < 1.29 is 4.74 Å². The average Bonchev–Trinajstić information content (AvgIpc) is 2.50. The zero-order valence-corrected chi connectivity index (χ0v) is 13.3. The molecule has 1 unspecified atom stereocenters. The molecule has 0 spiro atoms. The quantitative estimate of drug-likeness (QED) is 0.614. The number of hydrogen-bond acceptors (Lipinski definition) is 3. The van der Waals surface area contributed by atoms with Crippen LogP contribution in [0, 0.1) is 0 Å². The molecular formula is C16H18Cl2N2O. The largest absolute Gasteiger partial charge is 0.494 e. The van der Waals surface area contributed by atoms with Crippen LogP contribution in [0.5, 0.6) is 5.75 Å². The number of nitrogens with two attached hydrogens (primary N) is 1. The minimum Gasteiger partial charge on any atom is -0.494 e. The molecular weight excluding hydrogens is 307 g/mol. The molecule has 2 rings (SSSR count). The Bertz CT molecular complexity index is 605. The highest BCUT2D eigenvalue weighted by molar-refractivity contribution is 6.33. The van der Waals surface area contributed by atoms with Crippen molar-refractivity contribution in [3.05, 3.63) is 63.6 Å². The number of ether oxygens (including phenoxy) is 1. The Morgan fingerprint density at radius 2 is 2.00 bits per heavy atom. The van der Waals surface area contributed by atoms with Crippen LogP contribution in [0.15, 0.2) is 42.5 Å². The summed E-state index contributed by atoms with van der Waals surface area (Å²) in [5.74, 6) is 6.53. The van der Waals surface area contributed by atoms with Crippen LogP contribution in [-0.2, 0) is 0 Å². The predicted octanol–water partition coefficient (Wildman–Crippen LogP) is 4.33. The van der Waals surface area contributed by atoms with Crippen molar-refractivity contribution in [1.82, 2.24) is 5.43 Å². The topological polar surface area (TPSA) is 47.3 Å². The molecule has 0 bridgehead atoms. The maximum atomic E-state index is 6.26. The summed E-state index contributed by atoms with van der Waals surface area (Å²) >= 11 is 12.3. The van der Waals surface area contributed by atoms with Crippen molar-refractivity contribution in [3.63, 3.8) is 0 Å². The summed E-state index contributed by atoms with van der Waals surface area (Å²) in [7, 11) is 0. The van der Waals surface area contributed by atoms with E-state index in [1.54, 1.807) is 12.1 Å². The monoisotopic (exact) mass is 324 g/mol. The molecule has 21 heavy (non-hydrogen) atoms. The highest BCUT2D eigenvalue weighted by Crippen LogP contribution is 2.31. The fourth-order valence-corrected chi connectivity index (χ4v) is 2.51. The Balaban J connectivity index is 2.34. The molecule has 0 fully saturated rings. The van der Waals surface area contributed by atoms with E-state index in [0.29, 0.717) is 16.7 Å². The molecule has 3 N–H and O–H groups in total. The molecule has 0 saturated heterocycles. The molecule has 112 valence electrons. The van der Waals surface area contributed by atoms with Gasteiger partial charge in [-0.2, -0.15) is 0 Å². The Kier molecular flexibility index (Phi) is 5.88. The van der Waals surface area contributed by atoms with E-state index in [1.165, 1.54) is 0 Å². The molecule has 0 aliphatic rings. The normalized spacial score (nSPS) is 12.2. The van der Waals surface area contributed by atoms with Crippen LogP contribution < -0.4 is 16.0 Å². The third-order valence-corrected chi connectivity index (χ3v) is 3.68. The van der Waals surface area contributed by atoms with Crippen molar-refractivity contribution in [2.24, 2.45) is 5.84 Å². The molecule has 0 aliphatic carbocycles. The van der Waals surface area contributed by atoms with E-state index in [1.807, 2.05) is 30.3 Å². The maximum absolute atomic E-state index is 6.26. The molecule has 0 radical (unpaired) electrons. The fraction of sp³-hybridized carbons (Fsp3) is 0.250. The lowest BCUT2D eigenvalue weighted by atomic mass is 9.99. The molecule has 0 saturated carbocycles. The second-order valence-electron chi connectivity index (χ2n) is 4.69. The van der Waals surface area contributed by atoms with Gasteiger partial charge >= 0.3 is 0 Å². The van der Waals surface area contributed by atoms with Gasteiger partial charge in [0.05, 0.1) is 12.6 Å². The van der Waals surface area contributed by atoms with Crippen molar-refractivity contribution in [2.45, 2.75) is 19.4 Å². The summed E-state index contributed by atoms with van der Waals surface area (Å²) in [5.41, 5.74) is 4.59. The standard InChI is InChI=1S/C16H18Cl2N2O/c1-2-8-21-13-5-3-4-11(9-13)16(20-19)14-10-12(17)6-7-15(14)18/h3-7,9-10,16,20H,2,8,19H2,1H3. The van der Waals surface area contributed by atoms with E-state index in [2.05, 4.69) is 12.3 Å². The van der Waals surface area contributed by atoms with Crippen molar-refractivity contribution >= 4 is 23.2 Å². The summed E-state index contributed by atoms with van der Waals surface area (Å²) in [5, 5.41) is 1.23. The predicted molar refractivity (Wildman–Crippen MR) is 87.9 cm³/mol. The van der Waals surface area contributed by atoms with Crippen LogP contribution >= 0.6 is 23.2 Å². The summed E-state index contributed by atoms with van der Waals surface area (Å²) in [4.78, 5) is 0. The lowest BCUT2D eigenvalue weighted by Crippen LogP contribution is -2.29. The Hall–Kier alpha value is -1.26. The first-order valence-corrected chi connectivity index (χ1v) is 7.55. The SMILES string of the molecule is CCCOc1cccc(C(NN)c2cc(Cl)ccc2Cl)c1. The molecule has 1 atom stereocenters. The smallest absolute Gasteiger partial charge is 0.119 e. The highest BCUT2D eigenvalue weighted by Gasteiger charge is 2.16. The van der Waals surface area contributed by atoms with Gasteiger partial charge in [0.25, 0.3) is 0 Å². The van der Waals surface area contributed by atoms with Crippen LogP contribution in [0.2, 0.25) is 10.0 Å². The zero-order valence-electron chi connectivity index (χ0n) is 11.8. The van der Waals surface area contributed by atoms with Gasteiger partial charge in [0, 0.05) is 10.0 Å². The molecule has 0 aliphatic heterocycles. The lowest BCUT2D eigenvalue weighted by Gasteiger charge is -2.19. The van der Waals surface area contributed by atoms with E-state index in [-0.39, 0.29) is 6.04 Å². The fourth-order valence-electron chi connectivity index (χ4n) is 2.11. The summed E-state index contributed by atoms with van der Waals surface area (Å²) in [6.07, 6.45) is 0.961. The molecule has 5 heteroatoms. The second-order valence-corrected chi connectivity index (χ2v) is 5.53. The third-order valence-electron chi connectivity index (χ3n) is 3.10. The number of rotatable bonds is 6. The minimum absolute atomic E-state index is 0.249. The van der Waals surface area contributed by atoms with Gasteiger partial charge in [-0.05, 0) is 47.9 Å². The van der Waals surface area contributed by atoms with Crippen LogP contribution in [0.1, 0.15) is 30.5 Å². The lowest BCUT2D eigenvalue weighted by molar-refractivity contribution is 0.317. The summed E-state index contributed by atoms with van der Waals surface area (Å²) in [6, 6.07) is 12.9. The number of hydrazine groups is 1. The van der Waals surface area contributed by atoms with E-state index in [4.69, 9.17) is 33.8 Å². The summed E-state index contributed by atoms with van der Waals surface area (Å²) in [6.45, 7) is 2.75.